The third kappa shape index (κ3) is 5.32. The van der Waals surface area contributed by atoms with Gasteiger partial charge in [-0.2, -0.15) is 0 Å². The highest BCUT2D eigenvalue weighted by molar-refractivity contribution is 6.10. The Kier molecular flexibility index (Phi) is 7.71. The van der Waals surface area contributed by atoms with Gasteiger partial charge in [0.15, 0.2) is 5.58 Å². The van der Waals surface area contributed by atoms with Gasteiger partial charge in [0.05, 0.1) is 11.7 Å². The van der Waals surface area contributed by atoms with E-state index < -0.39 is 0 Å². The zero-order valence-electron chi connectivity index (χ0n) is 32.3. The number of benzene rings is 5. The molecule has 12 rings (SSSR count). The molecule has 1 saturated carbocycles. The summed E-state index contributed by atoms with van der Waals surface area (Å²) < 4.78 is 6.59. The van der Waals surface area contributed by atoms with Crippen LogP contribution in [0.1, 0.15) is 91.0 Å². The number of anilines is 4. The molecule has 0 radical (unpaired) electrons. The van der Waals surface area contributed by atoms with E-state index in [1.54, 1.807) is 0 Å². The van der Waals surface area contributed by atoms with Gasteiger partial charge in [-0.1, -0.05) is 122 Å². The fraction of sp³-hybridized carbons (Fsp3) is 0.222. The fourth-order valence-corrected chi connectivity index (χ4v) is 11.0. The maximum atomic E-state index is 6.59. The van der Waals surface area contributed by atoms with Gasteiger partial charge >= 0.3 is 0 Å². The Labute approximate surface area is 335 Å². The molecule has 4 atom stereocenters. The number of para-hydroxylation sites is 3. The molecule has 3 nitrogen and oxygen atoms in total. The highest BCUT2D eigenvalue weighted by atomic mass is 16.3. The molecule has 1 aromatic heterocycles. The van der Waals surface area contributed by atoms with Crippen molar-refractivity contribution >= 4 is 61.4 Å². The molecule has 4 aliphatic carbocycles. The van der Waals surface area contributed by atoms with Crippen LogP contribution in [-0.2, 0) is 0 Å². The van der Waals surface area contributed by atoms with Gasteiger partial charge in [0.2, 0.25) is 0 Å². The van der Waals surface area contributed by atoms with Gasteiger partial charge in [0, 0.05) is 45.7 Å². The van der Waals surface area contributed by atoms with Crippen LogP contribution in [-0.4, -0.2) is 12.1 Å². The van der Waals surface area contributed by atoms with Gasteiger partial charge in [-0.05, 0) is 132 Å². The van der Waals surface area contributed by atoms with Crippen LogP contribution in [0, 0.1) is 0 Å². The van der Waals surface area contributed by atoms with Crippen molar-refractivity contribution in [1.29, 1.82) is 0 Å². The summed E-state index contributed by atoms with van der Waals surface area (Å²) in [6, 6.07) is 39.4. The molecule has 0 saturated heterocycles. The predicted molar refractivity (Wildman–Crippen MR) is 239 cm³/mol. The first-order valence-electron chi connectivity index (χ1n) is 21.3. The highest BCUT2D eigenvalue weighted by Crippen LogP contribution is 2.54. The van der Waals surface area contributed by atoms with Gasteiger partial charge in [-0.15, -0.1) is 0 Å². The topological polar surface area (TPSA) is 19.6 Å². The Morgan fingerprint density at radius 1 is 0.544 bits per heavy atom. The second kappa shape index (κ2) is 13.3. The van der Waals surface area contributed by atoms with E-state index in [1.165, 1.54) is 98.1 Å². The van der Waals surface area contributed by atoms with E-state index in [-0.39, 0.29) is 12.0 Å². The summed E-state index contributed by atoms with van der Waals surface area (Å²) in [6.45, 7) is 0. The van der Waals surface area contributed by atoms with Crippen molar-refractivity contribution in [2.45, 2.75) is 75.3 Å². The zero-order chi connectivity index (χ0) is 37.5. The summed E-state index contributed by atoms with van der Waals surface area (Å²) in [5.41, 5.74) is 18.0. The third-order valence-electron chi connectivity index (χ3n) is 13.6. The number of rotatable bonds is 5. The number of fused-ring (bicyclic) bond motifs is 9. The van der Waals surface area contributed by atoms with Gasteiger partial charge in [-0.3, -0.25) is 0 Å². The standard InChI is InChI=1S/C54H46N2O/c1-3-14-35(15-4-1)39-30-40(36-16-5-2-6-17-36)32-41(31-39)55-48-22-10-7-18-42(48)46-33-37(26-28-50(46)55)38-27-29-51-47(34-38)43-19-8-11-23-49(43)56(51)52-24-13-21-45-44-20-9-12-25-53(44)57-54(45)52/h3,5,8-9,11-17,19-21,23-34,42,47-48,51H,1-2,4,6-7,10,18,22H2. The van der Waals surface area contributed by atoms with Gasteiger partial charge in [0.25, 0.3) is 0 Å². The van der Waals surface area contributed by atoms with Crippen LogP contribution in [0.25, 0.3) is 38.7 Å². The van der Waals surface area contributed by atoms with Crippen LogP contribution in [0.4, 0.5) is 22.7 Å². The molecule has 0 N–H and O–H groups in total. The first-order valence-corrected chi connectivity index (χ1v) is 21.3. The van der Waals surface area contributed by atoms with Gasteiger partial charge in [-0.25, -0.2) is 0 Å². The van der Waals surface area contributed by atoms with Crippen LogP contribution < -0.4 is 9.80 Å². The maximum absolute atomic E-state index is 6.59. The minimum absolute atomic E-state index is 0.169. The first kappa shape index (κ1) is 33.1. The first-order chi connectivity index (χ1) is 28.3. The van der Waals surface area contributed by atoms with E-state index in [2.05, 4.69) is 168 Å². The van der Waals surface area contributed by atoms with E-state index in [0.717, 1.165) is 42.5 Å². The highest BCUT2D eigenvalue weighted by Gasteiger charge is 2.42. The molecule has 57 heavy (non-hydrogen) atoms. The number of hydrogen-bond acceptors (Lipinski definition) is 3. The van der Waals surface area contributed by atoms with Crippen molar-refractivity contribution in [3.05, 3.63) is 186 Å². The smallest absolute Gasteiger partial charge is 0.159 e. The summed E-state index contributed by atoms with van der Waals surface area (Å²) in [5, 5.41) is 2.34. The van der Waals surface area contributed by atoms with E-state index in [1.807, 2.05) is 0 Å². The maximum Gasteiger partial charge on any atom is 0.159 e. The molecule has 3 heterocycles. The zero-order valence-corrected chi connectivity index (χ0v) is 32.3. The van der Waals surface area contributed by atoms with E-state index in [0.29, 0.717) is 12.0 Å². The van der Waals surface area contributed by atoms with Crippen molar-refractivity contribution in [1.82, 2.24) is 0 Å². The number of nitrogens with zero attached hydrogens (tertiary/aromatic N) is 2. The summed E-state index contributed by atoms with van der Waals surface area (Å²) >= 11 is 0. The SMILES string of the molecule is C1=CC(c2cc(C3=CCCC=C3)cc(N3c4ccc(C5=CC6c7ccccc7N(c7cccc8c7oc7ccccc78)C6C=C5)cc4C4CCCCC43)c2)=CCC1. The average Bonchev–Trinajstić information content (AvgIpc) is 3.94. The normalized spacial score (nSPS) is 23.3. The number of hydrogen-bond donors (Lipinski definition) is 0. The van der Waals surface area contributed by atoms with Crippen molar-refractivity contribution in [3.8, 4) is 0 Å². The molecule has 0 bridgehead atoms. The largest absolute Gasteiger partial charge is 0.454 e. The van der Waals surface area contributed by atoms with E-state index in [4.69, 9.17) is 4.42 Å². The molecular formula is C54H46N2O. The molecule has 3 heteroatoms. The Balaban J connectivity index is 0.932. The minimum Gasteiger partial charge on any atom is -0.454 e. The molecule has 0 amide bonds. The molecule has 2 aliphatic heterocycles. The Hall–Kier alpha value is -6.06. The monoisotopic (exact) mass is 738 g/mol. The quantitative estimate of drug-likeness (QED) is 0.176. The van der Waals surface area contributed by atoms with E-state index in [9.17, 15) is 0 Å². The lowest BCUT2D eigenvalue weighted by atomic mass is 9.81. The number of furan rings is 1. The van der Waals surface area contributed by atoms with Crippen molar-refractivity contribution in [2.24, 2.45) is 0 Å². The Morgan fingerprint density at radius 3 is 2.11 bits per heavy atom. The van der Waals surface area contributed by atoms with Crippen LogP contribution in [0.3, 0.4) is 0 Å². The lowest BCUT2D eigenvalue weighted by molar-refractivity contribution is 0.402. The third-order valence-corrected chi connectivity index (χ3v) is 13.6. The molecule has 6 aromatic rings. The fourth-order valence-electron chi connectivity index (χ4n) is 11.0. The summed E-state index contributed by atoms with van der Waals surface area (Å²) in [4.78, 5) is 5.25. The molecule has 278 valence electrons. The molecule has 1 fully saturated rings. The summed E-state index contributed by atoms with van der Waals surface area (Å²) in [5.74, 6) is 0.775. The summed E-state index contributed by atoms with van der Waals surface area (Å²) in [7, 11) is 0. The van der Waals surface area contributed by atoms with Gasteiger partial charge in [0.1, 0.15) is 5.58 Å². The van der Waals surface area contributed by atoms with E-state index >= 15 is 0 Å². The van der Waals surface area contributed by atoms with Crippen molar-refractivity contribution < 1.29 is 4.42 Å². The molecule has 0 spiro atoms. The predicted octanol–water partition coefficient (Wildman–Crippen LogP) is 14.5. The molecule has 4 unspecified atom stereocenters. The molecular weight excluding hydrogens is 693 g/mol. The van der Waals surface area contributed by atoms with Crippen LogP contribution in [0.15, 0.2) is 162 Å². The second-order valence-corrected chi connectivity index (χ2v) is 16.8. The second-order valence-electron chi connectivity index (χ2n) is 16.8. The molecule has 5 aromatic carbocycles. The Morgan fingerprint density at radius 2 is 1.28 bits per heavy atom. The Bertz CT molecular complexity index is 2750. The van der Waals surface area contributed by atoms with Gasteiger partial charge < -0.3 is 14.2 Å². The minimum atomic E-state index is 0.169. The van der Waals surface area contributed by atoms with Crippen LogP contribution >= 0.6 is 0 Å². The lowest BCUT2D eigenvalue weighted by Gasteiger charge is -2.34. The van der Waals surface area contributed by atoms with Crippen LogP contribution in [0.2, 0.25) is 0 Å². The number of allylic oxidation sites excluding steroid dienone is 10. The average molecular weight is 739 g/mol. The lowest BCUT2D eigenvalue weighted by Crippen LogP contribution is -2.32. The van der Waals surface area contributed by atoms with Crippen molar-refractivity contribution in [3.63, 3.8) is 0 Å². The molecule has 6 aliphatic rings. The van der Waals surface area contributed by atoms with Crippen molar-refractivity contribution in [2.75, 3.05) is 9.80 Å². The summed E-state index contributed by atoms with van der Waals surface area (Å²) in [6.07, 6.45) is 31.1. The van der Waals surface area contributed by atoms with Crippen LogP contribution in [0.5, 0.6) is 0 Å².